The minimum Gasteiger partial charge on any atom is -0.485 e. The third-order valence-corrected chi connectivity index (χ3v) is 7.02. The topological polar surface area (TPSA) is 94.2 Å². The molecule has 6 rings (SSSR count). The highest BCUT2D eigenvalue weighted by Gasteiger charge is 2.33. The van der Waals surface area contributed by atoms with Gasteiger partial charge in [-0.1, -0.05) is 51.5 Å². The summed E-state index contributed by atoms with van der Waals surface area (Å²) >= 11 is 4.75. The monoisotopic (exact) mass is 561 g/mol. The Labute approximate surface area is 216 Å². The molecule has 0 saturated carbocycles. The molecule has 2 aromatic heterocycles. The molecule has 1 unspecified atom stereocenters. The maximum Gasteiger partial charge on any atom is 0.294 e. The van der Waals surface area contributed by atoms with E-state index in [4.69, 9.17) is 13.9 Å². The van der Waals surface area contributed by atoms with E-state index in [2.05, 4.69) is 26.0 Å². The summed E-state index contributed by atoms with van der Waals surface area (Å²) in [5, 5.41) is 6.28. The molecule has 0 radical (unpaired) electrons. The number of thiazole rings is 1. The molecule has 1 aliphatic heterocycles. The molecule has 1 amide bonds. The number of fused-ring (bicyclic) bond motifs is 3. The Hall–Kier alpha value is -4.02. The summed E-state index contributed by atoms with van der Waals surface area (Å²) in [6, 6.07) is 19.7. The van der Waals surface area contributed by atoms with E-state index >= 15 is 0 Å². The van der Waals surface area contributed by atoms with Crippen molar-refractivity contribution < 1.29 is 18.7 Å². The van der Waals surface area contributed by atoms with Gasteiger partial charge in [-0.15, -0.1) is 0 Å². The fourth-order valence-corrected chi connectivity index (χ4v) is 5.24. The fraction of sp³-hybridized carbons (Fsp3) is 0.0769. The number of anilines is 1. The zero-order valence-electron chi connectivity index (χ0n) is 18.5. The molecular weight excluding hydrogens is 546 g/mol. The molecule has 1 aliphatic rings. The lowest BCUT2D eigenvalue weighted by Crippen LogP contribution is -2.44. The maximum atomic E-state index is 13.6. The summed E-state index contributed by atoms with van der Waals surface area (Å²) in [5.74, 6) is 0.550. The second-order valence-electron chi connectivity index (χ2n) is 7.88. The Morgan fingerprint density at radius 3 is 2.81 bits per heavy atom. The van der Waals surface area contributed by atoms with E-state index in [9.17, 15) is 9.59 Å². The predicted octanol–water partition coefficient (Wildman–Crippen LogP) is 5.37. The Bertz CT molecular complexity index is 1710. The molecule has 5 aromatic rings. The van der Waals surface area contributed by atoms with Crippen molar-refractivity contribution in [3.05, 3.63) is 93.3 Å². The first kappa shape index (κ1) is 22.4. The van der Waals surface area contributed by atoms with Gasteiger partial charge in [0.25, 0.3) is 5.91 Å². The van der Waals surface area contributed by atoms with Crippen LogP contribution in [0.25, 0.3) is 21.2 Å². The summed E-state index contributed by atoms with van der Waals surface area (Å²) in [6.07, 6.45) is 1.67. The van der Waals surface area contributed by atoms with Crippen molar-refractivity contribution >= 4 is 65.7 Å². The van der Waals surface area contributed by atoms with Gasteiger partial charge in [-0.25, -0.2) is 4.98 Å². The number of amides is 1. The molecule has 178 valence electrons. The lowest BCUT2D eigenvalue weighted by molar-refractivity contribution is -0.127. The zero-order valence-corrected chi connectivity index (χ0v) is 20.9. The first-order chi connectivity index (χ1) is 17.6. The van der Waals surface area contributed by atoms with Crippen molar-refractivity contribution in [1.82, 2.24) is 4.98 Å². The number of hydrogen-bond donors (Lipinski definition) is 0. The van der Waals surface area contributed by atoms with Gasteiger partial charge in [-0.2, -0.15) is 10.1 Å². The van der Waals surface area contributed by atoms with Crippen LogP contribution in [0.3, 0.4) is 0 Å². The van der Waals surface area contributed by atoms with E-state index < -0.39 is 12.0 Å². The van der Waals surface area contributed by atoms with Gasteiger partial charge < -0.3 is 13.9 Å². The molecular formula is C26H16BrN3O5S. The standard InChI is InChI=1S/C26H16BrN3O5S/c27-16-9-10-18-23(11-16)36-26(29-18)30(25(32)22-14-34-20-7-3-4-8-21(20)35-22)28-12-15-13-33-19-6-2-1-5-17(19)24(15)31/h1-13,22H,14H2/b28-12+. The largest absolute Gasteiger partial charge is 0.485 e. The molecule has 0 fully saturated rings. The molecule has 0 N–H and O–H groups in total. The summed E-state index contributed by atoms with van der Waals surface area (Å²) in [6.45, 7) is 0.0103. The van der Waals surface area contributed by atoms with Crippen LogP contribution in [0.1, 0.15) is 5.56 Å². The van der Waals surface area contributed by atoms with Crippen LogP contribution in [0.4, 0.5) is 5.13 Å². The number of benzene rings is 3. The molecule has 0 spiro atoms. The summed E-state index contributed by atoms with van der Waals surface area (Å²) in [4.78, 5) is 31.2. The number of hydrazone groups is 1. The molecule has 0 aliphatic carbocycles. The quantitative estimate of drug-likeness (QED) is 0.216. The van der Waals surface area contributed by atoms with Crippen molar-refractivity contribution in [2.24, 2.45) is 5.10 Å². The first-order valence-corrected chi connectivity index (χ1v) is 12.5. The van der Waals surface area contributed by atoms with Crippen molar-refractivity contribution in [3.63, 3.8) is 0 Å². The lowest BCUT2D eigenvalue weighted by atomic mass is 10.2. The third-order valence-electron chi connectivity index (χ3n) is 5.53. The van der Waals surface area contributed by atoms with Gasteiger partial charge in [0.15, 0.2) is 11.5 Å². The van der Waals surface area contributed by atoms with Crippen LogP contribution in [-0.2, 0) is 4.79 Å². The first-order valence-electron chi connectivity index (χ1n) is 10.9. The minimum absolute atomic E-state index is 0.0103. The highest BCUT2D eigenvalue weighted by molar-refractivity contribution is 9.10. The maximum absolute atomic E-state index is 13.6. The van der Waals surface area contributed by atoms with E-state index in [1.54, 1.807) is 42.5 Å². The van der Waals surface area contributed by atoms with Crippen LogP contribution in [0.5, 0.6) is 11.5 Å². The fourth-order valence-electron chi connectivity index (χ4n) is 3.76. The van der Waals surface area contributed by atoms with E-state index in [0.717, 1.165) is 14.2 Å². The van der Waals surface area contributed by atoms with E-state index in [0.29, 0.717) is 33.1 Å². The van der Waals surface area contributed by atoms with E-state index in [1.165, 1.54) is 23.8 Å². The Morgan fingerprint density at radius 2 is 1.92 bits per heavy atom. The Kier molecular flexibility index (Phi) is 5.74. The molecule has 36 heavy (non-hydrogen) atoms. The second-order valence-corrected chi connectivity index (χ2v) is 9.81. The van der Waals surface area contributed by atoms with Crippen LogP contribution >= 0.6 is 27.3 Å². The van der Waals surface area contributed by atoms with Crippen LogP contribution in [0.15, 0.2) is 91.8 Å². The average Bonchev–Trinajstić information content (AvgIpc) is 3.32. The van der Waals surface area contributed by atoms with Gasteiger partial charge in [-0.3, -0.25) is 9.59 Å². The van der Waals surface area contributed by atoms with Gasteiger partial charge in [0.2, 0.25) is 16.7 Å². The Balaban J connectivity index is 1.39. The number of ether oxygens (including phenoxy) is 2. The molecule has 8 nitrogen and oxygen atoms in total. The average molecular weight is 562 g/mol. The number of hydrogen-bond acceptors (Lipinski definition) is 8. The predicted molar refractivity (Wildman–Crippen MR) is 141 cm³/mol. The van der Waals surface area contributed by atoms with Crippen molar-refractivity contribution in [2.45, 2.75) is 6.10 Å². The highest BCUT2D eigenvalue weighted by atomic mass is 79.9. The number of carbonyl (C=O) groups is 1. The lowest BCUT2D eigenvalue weighted by Gasteiger charge is -2.27. The number of aromatic nitrogens is 1. The molecule has 1 atom stereocenters. The molecule has 0 bridgehead atoms. The third kappa shape index (κ3) is 4.14. The van der Waals surface area contributed by atoms with Crippen LogP contribution in [0, 0.1) is 0 Å². The number of halogens is 1. The van der Waals surface area contributed by atoms with Crippen LogP contribution in [-0.4, -0.2) is 29.8 Å². The highest BCUT2D eigenvalue weighted by Crippen LogP contribution is 2.34. The molecule has 3 heterocycles. The van der Waals surface area contributed by atoms with Crippen LogP contribution in [0.2, 0.25) is 0 Å². The van der Waals surface area contributed by atoms with Gasteiger partial charge in [0.1, 0.15) is 18.5 Å². The van der Waals surface area contributed by atoms with Crippen LogP contribution < -0.4 is 19.9 Å². The van der Waals surface area contributed by atoms with Gasteiger partial charge >= 0.3 is 0 Å². The van der Waals surface area contributed by atoms with Crippen molar-refractivity contribution in [1.29, 1.82) is 0 Å². The number of rotatable bonds is 4. The Morgan fingerprint density at radius 1 is 1.11 bits per heavy atom. The van der Waals surface area contributed by atoms with Gasteiger partial charge in [0, 0.05) is 4.47 Å². The summed E-state index contributed by atoms with van der Waals surface area (Å²) in [5.41, 5.74) is 1.12. The molecule has 3 aromatic carbocycles. The van der Waals surface area contributed by atoms with Crippen molar-refractivity contribution in [3.8, 4) is 11.5 Å². The summed E-state index contributed by atoms with van der Waals surface area (Å²) < 4.78 is 19.0. The number of nitrogens with zero attached hydrogens (tertiary/aromatic N) is 3. The van der Waals surface area contributed by atoms with E-state index in [1.807, 2.05) is 24.3 Å². The SMILES string of the molecule is O=C(C1COc2ccccc2O1)N(/N=C/c1coc2ccccc2c1=O)c1nc2ccc(Br)cc2s1. The zero-order chi connectivity index (χ0) is 24.6. The van der Waals surface area contributed by atoms with Gasteiger partial charge in [-0.05, 0) is 42.5 Å². The smallest absolute Gasteiger partial charge is 0.294 e. The van der Waals surface area contributed by atoms with Crippen molar-refractivity contribution in [2.75, 3.05) is 11.6 Å². The van der Waals surface area contributed by atoms with E-state index in [-0.39, 0.29) is 17.6 Å². The second kappa shape index (κ2) is 9.21. The van der Waals surface area contributed by atoms with Gasteiger partial charge in [0.05, 0.1) is 27.4 Å². The number of carbonyl (C=O) groups excluding carboxylic acids is 1. The molecule has 10 heteroatoms. The summed E-state index contributed by atoms with van der Waals surface area (Å²) in [7, 11) is 0. The number of para-hydroxylation sites is 3. The minimum atomic E-state index is -0.955. The normalized spacial score (nSPS) is 15.0. The molecule has 0 saturated heterocycles.